The van der Waals surface area contributed by atoms with Gasteiger partial charge in [-0.15, -0.1) is 10.2 Å². The van der Waals surface area contributed by atoms with Crippen LogP contribution in [-0.2, 0) is 13.0 Å². The van der Waals surface area contributed by atoms with E-state index in [0.29, 0.717) is 23.8 Å². The van der Waals surface area contributed by atoms with Crippen molar-refractivity contribution in [3.05, 3.63) is 100 Å². The number of aromatic amines is 1. The molecule has 0 aliphatic heterocycles. The van der Waals surface area contributed by atoms with Crippen LogP contribution in [0.3, 0.4) is 0 Å². The second-order valence-corrected chi connectivity index (χ2v) is 10.9. The van der Waals surface area contributed by atoms with Crippen LogP contribution in [0.15, 0.2) is 66.7 Å². The monoisotopic (exact) mass is 596 g/mol. The zero-order valence-electron chi connectivity index (χ0n) is 25.1. The molecule has 1 unspecified atom stereocenters. The number of hydrogen-bond donors (Lipinski definition) is 1. The van der Waals surface area contributed by atoms with Crippen LogP contribution >= 0.6 is 11.6 Å². The largest absolute Gasteiger partial charge is 0.319 e. The van der Waals surface area contributed by atoms with Gasteiger partial charge in [0.25, 0.3) is 0 Å². The van der Waals surface area contributed by atoms with Crippen molar-refractivity contribution in [2.75, 3.05) is 13.1 Å². The van der Waals surface area contributed by atoms with Gasteiger partial charge in [-0.2, -0.15) is 5.21 Å². The van der Waals surface area contributed by atoms with E-state index < -0.39 is 0 Å². The normalized spacial score (nSPS) is 12.1. The Balaban J connectivity index is 1.47. The molecule has 5 rings (SSSR count). The molecule has 1 atom stereocenters. The highest BCUT2D eigenvalue weighted by atomic mass is 35.5. The fourth-order valence-corrected chi connectivity index (χ4v) is 5.73. The van der Waals surface area contributed by atoms with Gasteiger partial charge in [-0.25, -0.2) is 9.97 Å². The number of imidazole rings is 1. The van der Waals surface area contributed by atoms with Gasteiger partial charge in [0, 0.05) is 24.6 Å². The van der Waals surface area contributed by atoms with E-state index in [9.17, 15) is 4.79 Å². The molecule has 9 nitrogen and oxygen atoms in total. The summed E-state index contributed by atoms with van der Waals surface area (Å²) in [7, 11) is 0. The average molecular weight is 597 g/mol. The number of nitrogens with zero attached hydrogens (tertiary/aromatic N) is 7. The highest BCUT2D eigenvalue weighted by Gasteiger charge is 2.25. The maximum Gasteiger partial charge on any atom is 0.230 e. The van der Waals surface area contributed by atoms with Crippen molar-refractivity contribution in [2.45, 2.75) is 59.5 Å². The molecule has 1 N–H and O–H groups in total. The Hall–Kier alpha value is -4.21. The van der Waals surface area contributed by atoms with Gasteiger partial charge in [0.2, 0.25) is 11.6 Å². The quantitative estimate of drug-likeness (QED) is 0.149. The Morgan fingerprint density at radius 2 is 1.70 bits per heavy atom. The maximum atomic E-state index is 14.0. The number of benzene rings is 2. The SMILES string of the molecule is CCCCc1nc(Cl)c(C(=O)c2cccc(C(C)N(CC)CC)n2)n1Cc1ccc(-c2ccccc2-c2nn[nH]n2)cc1. The van der Waals surface area contributed by atoms with Gasteiger partial charge in [-0.05, 0) is 60.5 Å². The van der Waals surface area contributed by atoms with Crippen molar-refractivity contribution in [2.24, 2.45) is 0 Å². The van der Waals surface area contributed by atoms with Gasteiger partial charge in [0.15, 0.2) is 5.15 Å². The minimum atomic E-state index is -0.223. The minimum absolute atomic E-state index is 0.0898. The molecule has 222 valence electrons. The van der Waals surface area contributed by atoms with Crippen molar-refractivity contribution in [1.29, 1.82) is 0 Å². The molecule has 3 aromatic heterocycles. The van der Waals surface area contributed by atoms with Crippen molar-refractivity contribution in [1.82, 2.24) is 40.1 Å². The van der Waals surface area contributed by atoms with Crippen LogP contribution < -0.4 is 0 Å². The number of rotatable bonds is 13. The molecule has 10 heteroatoms. The fraction of sp³-hybridized carbons (Fsp3) is 0.333. The zero-order chi connectivity index (χ0) is 30.3. The van der Waals surface area contributed by atoms with E-state index in [1.807, 2.05) is 41.0 Å². The van der Waals surface area contributed by atoms with Gasteiger partial charge in [-0.1, -0.05) is 93.4 Å². The van der Waals surface area contributed by atoms with Crippen LogP contribution in [0.5, 0.6) is 0 Å². The predicted molar refractivity (Wildman–Crippen MR) is 169 cm³/mol. The molecule has 0 aliphatic carbocycles. The van der Waals surface area contributed by atoms with Crippen LogP contribution in [0.1, 0.15) is 79.8 Å². The second kappa shape index (κ2) is 13.8. The number of ketones is 1. The number of carbonyl (C=O) groups is 1. The van der Waals surface area contributed by atoms with E-state index in [1.54, 1.807) is 6.07 Å². The first-order valence-corrected chi connectivity index (χ1v) is 15.3. The topological polar surface area (TPSA) is 105 Å². The molecule has 2 aromatic carbocycles. The third-order valence-corrected chi connectivity index (χ3v) is 8.15. The van der Waals surface area contributed by atoms with Crippen LogP contribution in [-0.4, -0.2) is 58.9 Å². The van der Waals surface area contributed by atoms with Crippen LogP contribution in [0, 0.1) is 0 Å². The lowest BCUT2D eigenvalue weighted by atomic mass is 9.98. The number of hydrogen-bond acceptors (Lipinski definition) is 7. The molecular formula is C33H37ClN8O. The number of H-pyrrole nitrogens is 1. The van der Waals surface area contributed by atoms with Crippen LogP contribution in [0.25, 0.3) is 22.5 Å². The number of carbonyl (C=O) groups excluding carboxylic acids is 1. The first-order valence-electron chi connectivity index (χ1n) is 14.9. The molecule has 43 heavy (non-hydrogen) atoms. The number of halogens is 1. The summed E-state index contributed by atoms with van der Waals surface area (Å²) in [6.07, 6.45) is 2.68. The smallest absolute Gasteiger partial charge is 0.230 e. The lowest BCUT2D eigenvalue weighted by Gasteiger charge is -2.26. The van der Waals surface area contributed by atoms with Gasteiger partial charge < -0.3 is 4.57 Å². The Bertz CT molecular complexity index is 1660. The molecular weight excluding hydrogens is 560 g/mol. The molecule has 0 bridgehead atoms. The van der Waals surface area contributed by atoms with E-state index in [2.05, 4.69) is 82.5 Å². The number of aryl methyl sites for hydroxylation is 1. The number of tetrazole rings is 1. The molecule has 5 aromatic rings. The standard InChI is InChI=1S/C33H37ClN8O/c1-5-8-16-29-36-32(34)30(31(43)28-15-11-14-27(35-28)22(4)41(6-2)7-3)42(29)21-23-17-19-24(20-18-23)25-12-9-10-13-26(25)33-37-39-40-38-33/h9-15,17-20,22H,5-8,16,21H2,1-4H3,(H,37,38,39,40). The summed E-state index contributed by atoms with van der Waals surface area (Å²) in [5.74, 6) is 1.12. The van der Waals surface area contributed by atoms with Gasteiger partial charge in [0.1, 0.15) is 17.2 Å². The van der Waals surface area contributed by atoms with Gasteiger partial charge >= 0.3 is 0 Å². The van der Waals surface area contributed by atoms with Crippen molar-refractivity contribution in [3.8, 4) is 22.5 Å². The summed E-state index contributed by atoms with van der Waals surface area (Å²) in [5, 5.41) is 14.8. The highest BCUT2D eigenvalue weighted by molar-refractivity contribution is 6.33. The van der Waals surface area contributed by atoms with Crippen LogP contribution in [0.4, 0.5) is 0 Å². The average Bonchev–Trinajstić information content (AvgIpc) is 3.69. The summed E-state index contributed by atoms with van der Waals surface area (Å²) in [5.41, 5.74) is 5.56. The maximum absolute atomic E-state index is 14.0. The number of aromatic nitrogens is 7. The predicted octanol–water partition coefficient (Wildman–Crippen LogP) is 6.80. The van der Waals surface area contributed by atoms with Crippen molar-refractivity contribution >= 4 is 17.4 Å². The summed E-state index contributed by atoms with van der Waals surface area (Å²) in [6, 6.07) is 22.0. The molecule has 0 aliphatic rings. The fourth-order valence-electron chi connectivity index (χ4n) is 5.45. The molecule has 0 radical (unpaired) electrons. The first-order chi connectivity index (χ1) is 20.9. The lowest BCUT2D eigenvalue weighted by molar-refractivity contribution is 0.102. The summed E-state index contributed by atoms with van der Waals surface area (Å²) >= 11 is 6.70. The Labute approximate surface area is 257 Å². The van der Waals surface area contributed by atoms with Crippen molar-refractivity contribution < 1.29 is 4.79 Å². The van der Waals surface area contributed by atoms with E-state index in [-0.39, 0.29) is 17.0 Å². The molecule has 0 spiro atoms. The molecule has 0 fully saturated rings. The summed E-state index contributed by atoms with van der Waals surface area (Å²) in [6.45, 7) is 10.8. The molecule has 0 amide bonds. The van der Waals surface area contributed by atoms with E-state index in [1.165, 1.54) is 0 Å². The molecule has 3 heterocycles. The lowest BCUT2D eigenvalue weighted by Crippen LogP contribution is -2.27. The zero-order valence-corrected chi connectivity index (χ0v) is 25.8. The van der Waals surface area contributed by atoms with Gasteiger partial charge in [-0.3, -0.25) is 9.69 Å². The number of nitrogens with one attached hydrogen (secondary N) is 1. The summed E-state index contributed by atoms with van der Waals surface area (Å²) < 4.78 is 1.96. The van der Waals surface area contributed by atoms with E-state index in [0.717, 1.165) is 66.1 Å². The third-order valence-electron chi connectivity index (χ3n) is 7.88. The number of unbranched alkanes of at least 4 members (excludes halogenated alkanes) is 1. The molecule has 0 saturated carbocycles. The van der Waals surface area contributed by atoms with Crippen LogP contribution in [0.2, 0.25) is 5.15 Å². The van der Waals surface area contributed by atoms with Crippen molar-refractivity contribution in [3.63, 3.8) is 0 Å². The third kappa shape index (κ3) is 6.58. The minimum Gasteiger partial charge on any atom is -0.319 e. The first kappa shape index (κ1) is 30.3. The van der Waals surface area contributed by atoms with Gasteiger partial charge in [0.05, 0.1) is 5.69 Å². The molecule has 0 saturated heterocycles. The van der Waals surface area contributed by atoms with E-state index in [4.69, 9.17) is 16.6 Å². The number of pyridine rings is 1. The Kier molecular flexibility index (Phi) is 9.74. The summed E-state index contributed by atoms with van der Waals surface area (Å²) in [4.78, 5) is 25.8. The Morgan fingerprint density at radius 3 is 2.37 bits per heavy atom. The van der Waals surface area contributed by atoms with E-state index >= 15 is 0 Å². The highest BCUT2D eigenvalue weighted by Crippen LogP contribution is 2.30. The Morgan fingerprint density at radius 1 is 0.953 bits per heavy atom. The second-order valence-electron chi connectivity index (χ2n) is 10.5.